The first-order chi connectivity index (χ1) is 15.7. The molecule has 8 nitrogen and oxygen atoms in total. The monoisotopic (exact) mass is 490 g/mol. The van der Waals surface area contributed by atoms with Crippen LogP contribution in [-0.4, -0.2) is 40.5 Å². The van der Waals surface area contributed by atoms with Crippen LogP contribution in [0.4, 0.5) is 6.01 Å². The quantitative estimate of drug-likeness (QED) is 0.528. The van der Waals surface area contributed by atoms with Crippen LogP contribution in [0.3, 0.4) is 0 Å². The SMILES string of the molecule is CS(=N)(=O)c1ccc(C(=O)NC2CCC3(CC2)CCN(c2nc4cc(Cl)ccc4o2)CC3)o1. The summed E-state index contributed by atoms with van der Waals surface area (Å²) in [6, 6.07) is 9.17. The lowest BCUT2D eigenvalue weighted by atomic mass is 9.67. The van der Waals surface area contributed by atoms with Crippen molar-refractivity contribution in [3.8, 4) is 0 Å². The van der Waals surface area contributed by atoms with E-state index in [9.17, 15) is 9.00 Å². The number of halogens is 1. The van der Waals surface area contributed by atoms with Crippen LogP contribution in [0, 0.1) is 10.2 Å². The Kier molecular flexibility index (Phi) is 5.64. The van der Waals surface area contributed by atoms with Gasteiger partial charge in [0.2, 0.25) is 0 Å². The molecule has 0 bridgehead atoms. The summed E-state index contributed by atoms with van der Waals surface area (Å²) in [5.74, 6) is -0.197. The second-order valence-electron chi connectivity index (χ2n) is 9.31. The van der Waals surface area contributed by atoms with Crippen LogP contribution in [0.25, 0.3) is 11.1 Å². The highest BCUT2D eigenvalue weighted by molar-refractivity contribution is 7.91. The van der Waals surface area contributed by atoms with E-state index >= 15 is 0 Å². The predicted molar refractivity (Wildman–Crippen MR) is 126 cm³/mol. The molecule has 33 heavy (non-hydrogen) atoms. The standard InChI is InChI=1S/C23H27ClN4O4S/c1-33(25,30)20-5-4-19(31-20)21(29)26-16-6-8-23(9-7-16)10-12-28(13-11-23)22-27-17-14-15(24)2-3-18(17)32-22/h2-5,14,16,25H,6-13H2,1H3,(H,26,29). The van der Waals surface area contributed by atoms with E-state index < -0.39 is 9.73 Å². The Morgan fingerprint density at radius 1 is 1.18 bits per heavy atom. The van der Waals surface area contributed by atoms with Crippen molar-refractivity contribution >= 4 is 44.4 Å². The van der Waals surface area contributed by atoms with Crippen LogP contribution in [0.1, 0.15) is 49.1 Å². The summed E-state index contributed by atoms with van der Waals surface area (Å²) in [6.45, 7) is 1.80. The maximum atomic E-state index is 12.5. The smallest absolute Gasteiger partial charge is 0.298 e. The van der Waals surface area contributed by atoms with Crippen LogP contribution < -0.4 is 10.2 Å². The number of fused-ring (bicyclic) bond motifs is 1. The van der Waals surface area contributed by atoms with Gasteiger partial charge in [0.05, 0.1) is 0 Å². The summed E-state index contributed by atoms with van der Waals surface area (Å²) in [4.78, 5) is 19.3. The number of aromatic nitrogens is 1. The Labute approximate surface area is 197 Å². The van der Waals surface area contributed by atoms with Crippen LogP contribution in [0.5, 0.6) is 0 Å². The largest absolute Gasteiger partial charge is 0.441 e. The fourth-order valence-corrected chi connectivity index (χ4v) is 5.72. The molecule has 1 aliphatic carbocycles. The highest BCUT2D eigenvalue weighted by Gasteiger charge is 2.39. The lowest BCUT2D eigenvalue weighted by molar-refractivity contribution is 0.0835. The molecular formula is C23H27ClN4O4S. The number of nitrogens with one attached hydrogen (secondary N) is 2. The van der Waals surface area contributed by atoms with E-state index in [4.69, 9.17) is 25.2 Å². The predicted octanol–water partition coefficient (Wildman–Crippen LogP) is 5.07. The number of amides is 1. The van der Waals surface area contributed by atoms with E-state index in [0.717, 1.165) is 62.7 Å². The van der Waals surface area contributed by atoms with Gasteiger partial charge < -0.3 is 19.1 Å². The third-order valence-electron chi connectivity index (χ3n) is 7.00. The summed E-state index contributed by atoms with van der Waals surface area (Å²) in [5, 5.41) is 3.73. The summed E-state index contributed by atoms with van der Waals surface area (Å²) in [7, 11) is -2.97. The highest BCUT2D eigenvalue weighted by atomic mass is 35.5. The second kappa shape index (κ2) is 8.36. The molecule has 1 atom stereocenters. The number of furan rings is 1. The van der Waals surface area contributed by atoms with Crippen molar-refractivity contribution in [1.82, 2.24) is 10.3 Å². The van der Waals surface area contributed by atoms with Gasteiger partial charge in [0.15, 0.2) is 16.4 Å². The topological polar surface area (TPSA) is 112 Å². The number of hydrogen-bond donors (Lipinski definition) is 2. The van der Waals surface area contributed by atoms with Crippen LogP contribution in [0.15, 0.2) is 44.3 Å². The van der Waals surface area contributed by atoms with Crippen molar-refractivity contribution in [3.63, 3.8) is 0 Å². The first kappa shape index (κ1) is 22.3. The first-order valence-electron chi connectivity index (χ1n) is 11.2. The van der Waals surface area contributed by atoms with E-state index in [1.165, 1.54) is 18.4 Å². The summed E-state index contributed by atoms with van der Waals surface area (Å²) < 4.78 is 30.6. The Balaban J connectivity index is 1.15. The maximum Gasteiger partial charge on any atom is 0.298 e. The molecule has 176 valence electrons. The van der Waals surface area contributed by atoms with E-state index in [1.807, 2.05) is 18.2 Å². The van der Waals surface area contributed by atoms with Gasteiger partial charge in [-0.3, -0.25) is 4.79 Å². The molecule has 2 N–H and O–H groups in total. The number of piperidine rings is 1. The zero-order valence-corrected chi connectivity index (χ0v) is 20.0. The summed E-state index contributed by atoms with van der Waals surface area (Å²) in [5.41, 5.74) is 1.82. The number of hydrogen-bond acceptors (Lipinski definition) is 7. The molecule has 2 aromatic heterocycles. The van der Waals surface area contributed by atoms with Gasteiger partial charge in [-0.05, 0) is 74.3 Å². The fourth-order valence-electron chi connectivity index (χ4n) is 4.98. The molecule has 3 aromatic rings. The van der Waals surface area contributed by atoms with Crippen molar-refractivity contribution in [1.29, 1.82) is 4.78 Å². The maximum absolute atomic E-state index is 12.5. The Hall–Kier alpha value is -2.52. The lowest BCUT2D eigenvalue weighted by Gasteiger charge is -2.45. The zero-order valence-electron chi connectivity index (χ0n) is 18.4. The van der Waals surface area contributed by atoms with Gasteiger partial charge in [-0.15, -0.1) is 0 Å². The second-order valence-corrected chi connectivity index (χ2v) is 11.8. The number of nitrogens with zero attached hydrogens (tertiary/aromatic N) is 2. The molecule has 1 spiro atoms. The van der Waals surface area contributed by atoms with Gasteiger partial charge in [-0.25, -0.2) is 8.99 Å². The molecule has 1 saturated heterocycles. The molecule has 1 aromatic carbocycles. The zero-order chi connectivity index (χ0) is 23.2. The number of oxazole rings is 1. The average Bonchev–Trinajstić information content (AvgIpc) is 3.43. The molecule has 1 aliphatic heterocycles. The van der Waals surface area contributed by atoms with E-state index in [1.54, 1.807) is 0 Å². The van der Waals surface area contributed by atoms with Gasteiger partial charge >= 0.3 is 0 Å². The highest BCUT2D eigenvalue weighted by Crippen LogP contribution is 2.45. The number of benzene rings is 1. The van der Waals surface area contributed by atoms with Crippen molar-refractivity contribution in [3.05, 3.63) is 41.1 Å². The first-order valence-corrected chi connectivity index (χ1v) is 13.5. The van der Waals surface area contributed by atoms with Gasteiger partial charge in [-0.2, -0.15) is 4.98 Å². The van der Waals surface area contributed by atoms with Gasteiger partial charge in [0, 0.05) is 30.4 Å². The molecule has 2 fully saturated rings. The number of rotatable bonds is 4. The minimum Gasteiger partial charge on any atom is -0.441 e. The molecule has 2 aliphatic rings. The Morgan fingerprint density at radius 3 is 2.58 bits per heavy atom. The van der Waals surface area contributed by atoms with Gasteiger partial charge in [0.1, 0.15) is 15.2 Å². The third kappa shape index (κ3) is 4.61. The minimum atomic E-state index is -2.97. The third-order valence-corrected chi connectivity index (χ3v) is 8.23. The minimum absolute atomic E-state index is 0.0315. The van der Waals surface area contributed by atoms with Crippen molar-refractivity contribution in [2.24, 2.45) is 5.41 Å². The number of anilines is 1. The molecule has 0 radical (unpaired) electrons. The molecule has 5 rings (SSSR count). The molecular weight excluding hydrogens is 464 g/mol. The molecule has 1 amide bonds. The summed E-state index contributed by atoms with van der Waals surface area (Å²) >= 11 is 6.06. The van der Waals surface area contributed by atoms with Crippen LogP contribution >= 0.6 is 11.6 Å². The normalized spacial score (nSPS) is 20.7. The molecule has 3 heterocycles. The van der Waals surface area contributed by atoms with Crippen molar-refractivity contribution in [2.75, 3.05) is 24.2 Å². The van der Waals surface area contributed by atoms with Crippen molar-refractivity contribution in [2.45, 2.75) is 49.7 Å². The lowest BCUT2D eigenvalue weighted by Crippen LogP contribution is -2.45. The van der Waals surface area contributed by atoms with Gasteiger partial charge in [0.25, 0.3) is 11.9 Å². The molecule has 10 heteroatoms. The fraction of sp³-hybridized carbons (Fsp3) is 0.478. The average molecular weight is 491 g/mol. The van der Waals surface area contributed by atoms with Gasteiger partial charge in [-0.1, -0.05) is 11.6 Å². The van der Waals surface area contributed by atoms with Crippen LogP contribution in [-0.2, 0) is 9.73 Å². The number of carbonyl (C=O) groups excluding carboxylic acids is 1. The number of carbonyl (C=O) groups is 1. The van der Waals surface area contributed by atoms with Crippen LogP contribution in [0.2, 0.25) is 5.02 Å². The summed E-state index contributed by atoms with van der Waals surface area (Å²) in [6.07, 6.45) is 7.39. The Morgan fingerprint density at radius 2 is 1.91 bits per heavy atom. The molecule has 1 saturated carbocycles. The van der Waals surface area contributed by atoms with E-state index in [2.05, 4.69) is 15.2 Å². The molecule has 1 unspecified atom stereocenters. The Bertz CT molecular complexity index is 1280. The van der Waals surface area contributed by atoms with Crippen molar-refractivity contribution < 1.29 is 17.8 Å². The van der Waals surface area contributed by atoms with E-state index in [-0.39, 0.29) is 22.8 Å². The van der Waals surface area contributed by atoms with E-state index in [0.29, 0.717) is 16.5 Å².